The number of aromatic amines is 1. The number of imidazole rings is 1. The van der Waals surface area contributed by atoms with Crippen molar-refractivity contribution in [3.63, 3.8) is 0 Å². The minimum Gasteiger partial charge on any atom is -0.464 e. The molecule has 0 spiro atoms. The van der Waals surface area contributed by atoms with Gasteiger partial charge in [0, 0.05) is 10.6 Å². The zero-order valence-electron chi connectivity index (χ0n) is 12.5. The molecule has 3 rings (SSSR count). The van der Waals surface area contributed by atoms with Gasteiger partial charge in [0.2, 0.25) is 5.65 Å². The number of nitrogens with one attached hydrogen (secondary N) is 2. The van der Waals surface area contributed by atoms with Crippen LogP contribution in [-0.4, -0.2) is 29.1 Å². The van der Waals surface area contributed by atoms with Crippen LogP contribution in [0, 0.1) is 0 Å². The van der Waals surface area contributed by atoms with E-state index >= 15 is 0 Å². The standard InChI is InChI=1S/C16H15ClN4O2/c1-2-23-14(22)10-19-16-15(11-3-5-12(17)6-4-11)20-13-9-18-7-8-21(13)16/h3-9H,2,10H2,1H3,(H,18,19)/p+1. The summed E-state index contributed by atoms with van der Waals surface area (Å²) in [5.41, 5.74) is 2.60. The van der Waals surface area contributed by atoms with Crippen LogP contribution >= 0.6 is 11.6 Å². The van der Waals surface area contributed by atoms with Gasteiger partial charge in [0.05, 0.1) is 19.0 Å². The lowest BCUT2D eigenvalue weighted by molar-refractivity contribution is -0.494. The van der Waals surface area contributed by atoms with Crippen molar-refractivity contribution < 1.29 is 13.9 Å². The van der Waals surface area contributed by atoms with Gasteiger partial charge in [0.25, 0.3) is 5.82 Å². The zero-order valence-corrected chi connectivity index (χ0v) is 13.3. The molecule has 7 heteroatoms. The summed E-state index contributed by atoms with van der Waals surface area (Å²) in [6.45, 7) is 2.22. The molecule has 0 aliphatic rings. The number of aromatic nitrogens is 3. The van der Waals surface area contributed by atoms with Crippen LogP contribution in [0.25, 0.3) is 16.9 Å². The molecule has 3 aromatic rings. The maximum Gasteiger partial charge on any atom is 0.340 e. The van der Waals surface area contributed by atoms with E-state index in [0.29, 0.717) is 11.6 Å². The first-order valence-electron chi connectivity index (χ1n) is 7.22. The number of anilines is 1. The van der Waals surface area contributed by atoms with Crippen molar-refractivity contribution in [2.45, 2.75) is 6.92 Å². The third kappa shape index (κ3) is 3.27. The molecule has 2 heterocycles. The first-order chi connectivity index (χ1) is 11.2. The number of fused-ring (bicyclic) bond motifs is 1. The SMILES string of the molecule is CCOC(=O)CNc1c(-c2ccc(Cl)cc2)[nH]c2cncc[n+]12. The molecule has 0 fully saturated rings. The van der Waals surface area contributed by atoms with Crippen molar-refractivity contribution >= 4 is 29.0 Å². The predicted molar refractivity (Wildman–Crippen MR) is 87.3 cm³/mol. The highest BCUT2D eigenvalue weighted by Gasteiger charge is 2.21. The lowest BCUT2D eigenvalue weighted by Gasteiger charge is -2.03. The Bertz CT molecular complexity index is 830. The van der Waals surface area contributed by atoms with Gasteiger partial charge < -0.3 is 4.74 Å². The number of hydrogen-bond donors (Lipinski definition) is 2. The number of H-pyrrole nitrogens is 1. The molecule has 23 heavy (non-hydrogen) atoms. The van der Waals surface area contributed by atoms with E-state index in [1.807, 2.05) is 34.9 Å². The molecule has 0 amide bonds. The average Bonchev–Trinajstić information content (AvgIpc) is 2.92. The van der Waals surface area contributed by atoms with Crippen LogP contribution in [0.15, 0.2) is 42.9 Å². The topological polar surface area (TPSA) is 71.1 Å². The number of hydrogen-bond acceptors (Lipinski definition) is 4. The molecule has 0 saturated carbocycles. The fourth-order valence-corrected chi connectivity index (χ4v) is 2.45. The van der Waals surface area contributed by atoms with E-state index in [1.54, 1.807) is 19.3 Å². The molecule has 0 aliphatic carbocycles. The molecule has 0 saturated heterocycles. The van der Waals surface area contributed by atoms with Crippen molar-refractivity contribution in [2.75, 3.05) is 18.5 Å². The van der Waals surface area contributed by atoms with Gasteiger partial charge >= 0.3 is 5.97 Å². The Morgan fingerprint density at radius 1 is 1.39 bits per heavy atom. The second-order valence-corrected chi connectivity index (χ2v) is 5.28. The van der Waals surface area contributed by atoms with Crippen LogP contribution in [-0.2, 0) is 9.53 Å². The van der Waals surface area contributed by atoms with Gasteiger partial charge in [0.1, 0.15) is 6.20 Å². The number of rotatable bonds is 5. The number of nitrogens with zero attached hydrogens (tertiary/aromatic N) is 2. The van der Waals surface area contributed by atoms with Crippen molar-refractivity contribution in [1.29, 1.82) is 0 Å². The van der Waals surface area contributed by atoms with Gasteiger partial charge in [-0.05, 0) is 31.2 Å². The molecule has 0 atom stereocenters. The lowest BCUT2D eigenvalue weighted by Crippen LogP contribution is -2.27. The van der Waals surface area contributed by atoms with E-state index < -0.39 is 0 Å². The summed E-state index contributed by atoms with van der Waals surface area (Å²) in [6.07, 6.45) is 5.22. The van der Waals surface area contributed by atoms with Gasteiger partial charge in [-0.1, -0.05) is 11.6 Å². The summed E-state index contributed by atoms with van der Waals surface area (Å²) in [6, 6.07) is 7.47. The molecule has 0 unspecified atom stereocenters. The largest absolute Gasteiger partial charge is 0.464 e. The lowest BCUT2D eigenvalue weighted by atomic mass is 10.1. The Morgan fingerprint density at radius 2 is 2.17 bits per heavy atom. The van der Waals surface area contributed by atoms with E-state index in [1.165, 1.54) is 0 Å². The quantitative estimate of drug-likeness (QED) is 0.556. The molecule has 0 aliphatic heterocycles. The van der Waals surface area contributed by atoms with Crippen LogP contribution in [0.4, 0.5) is 5.82 Å². The first kappa shape index (κ1) is 15.3. The third-order valence-electron chi connectivity index (χ3n) is 3.33. The normalized spacial score (nSPS) is 10.7. The minimum absolute atomic E-state index is 0.0801. The fraction of sp³-hybridized carbons (Fsp3) is 0.188. The molecule has 6 nitrogen and oxygen atoms in total. The zero-order chi connectivity index (χ0) is 16.2. The number of esters is 1. The fourth-order valence-electron chi connectivity index (χ4n) is 2.32. The van der Waals surface area contributed by atoms with Crippen LogP contribution in [0.3, 0.4) is 0 Å². The van der Waals surface area contributed by atoms with Crippen LogP contribution < -0.4 is 9.72 Å². The van der Waals surface area contributed by atoms with Gasteiger partial charge in [-0.2, -0.15) is 4.40 Å². The summed E-state index contributed by atoms with van der Waals surface area (Å²) in [7, 11) is 0. The Balaban J connectivity index is 2.01. The van der Waals surface area contributed by atoms with Gasteiger partial charge in [-0.25, -0.2) is 4.79 Å². The summed E-state index contributed by atoms with van der Waals surface area (Å²) >= 11 is 5.95. The molecule has 0 bridgehead atoms. The maximum atomic E-state index is 11.6. The van der Waals surface area contributed by atoms with E-state index in [2.05, 4.69) is 15.3 Å². The molecular formula is C16H16ClN4O2+. The third-order valence-corrected chi connectivity index (χ3v) is 3.58. The Hall–Kier alpha value is -2.60. The highest BCUT2D eigenvalue weighted by molar-refractivity contribution is 6.30. The molecule has 118 valence electrons. The Morgan fingerprint density at radius 3 is 2.91 bits per heavy atom. The highest BCUT2D eigenvalue weighted by atomic mass is 35.5. The maximum absolute atomic E-state index is 11.6. The number of carbonyl (C=O) groups is 1. The van der Waals surface area contributed by atoms with E-state index in [9.17, 15) is 4.79 Å². The van der Waals surface area contributed by atoms with Crippen LogP contribution in [0.2, 0.25) is 5.02 Å². The van der Waals surface area contributed by atoms with Crippen LogP contribution in [0.1, 0.15) is 6.92 Å². The molecule has 2 N–H and O–H groups in total. The number of halogens is 1. The second kappa shape index (κ2) is 6.66. The number of ether oxygens (including phenoxy) is 1. The van der Waals surface area contributed by atoms with Crippen molar-refractivity contribution in [3.8, 4) is 11.3 Å². The summed E-state index contributed by atoms with van der Waals surface area (Å²) in [5.74, 6) is 0.455. The molecule has 0 radical (unpaired) electrons. The number of benzene rings is 1. The van der Waals surface area contributed by atoms with E-state index in [0.717, 1.165) is 22.7 Å². The highest BCUT2D eigenvalue weighted by Crippen LogP contribution is 2.25. The van der Waals surface area contributed by atoms with Crippen molar-refractivity contribution in [3.05, 3.63) is 47.9 Å². The number of carbonyl (C=O) groups excluding carboxylic acids is 1. The molecule has 1 aromatic carbocycles. The Labute approximate surface area is 138 Å². The van der Waals surface area contributed by atoms with Gasteiger partial charge in [-0.15, -0.1) is 0 Å². The van der Waals surface area contributed by atoms with E-state index in [4.69, 9.17) is 16.3 Å². The van der Waals surface area contributed by atoms with Gasteiger partial charge in [-0.3, -0.25) is 15.3 Å². The summed E-state index contributed by atoms with van der Waals surface area (Å²) < 4.78 is 6.86. The molecule has 2 aromatic heterocycles. The van der Waals surface area contributed by atoms with Crippen molar-refractivity contribution in [2.24, 2.45) is 0 Å². The Kier molecular flexibility index (Phi) is 4.43. The average molecular weight is 332 g/mol. The summed E-state index contributed by atoms with van der Waals surface area (Å²) in [5, 5.41) is 3.80. The minimum atomic E-state index is -0.307. The van der Waals surface area contributed by atoms with Crippen molar-refractivity contribution in [1.82, 2.24) is 9.97 Å². The van der Waals surface area contributed by atoms with Crippen LogP contribution in [0.5, 0.6) is 0 Å². The van der Waals surface area contributed by atoms with E-state index in [-0.39, 0.29) is 12.5 Å². The summed E-state index contributed by atoms with van der Waals surface area (Å²) in [4.78, 5) is 19.0. The van der Waals surface area contributed by atoms with Gasteiger partial charge in [0.15, 0.2) is 12.2 Å². The predicted octanol–water partition coefficient (Wildman–Crippen LogP) is 2.44. The monoisotopic (exact) mass is 331 g/mol. The smallest absolute Gasteiger partial charge is 0.340 e. The second-order valence-electron chi connectivity index (χ2n) is 4.85. The molecular weight excluding hydrogens is 316 g/mol. The first-order valence-corrected chi connectivity index (χ1v) is 7.59.